The summed E-state index contributed by atoms with van der Waals surface area (Å²) in [4.78, 5) is 74.6. The number of amides is 5. The van der Waals surface area contributed by atoms with Gasteiger partial charge in [-0.15, -0.1) is 0 Å². The maximum atomic E-state index is 12.3. The van der Waals surface area contributed by atoms with Gasteiger partial charge in [-0.05, 0) is 36.8 Å². The molecule has 4 rings (SSSR count). The van der Waals surface area contributed by atoms with Crippen molar-refractivity contribution in [2.75, 3.05) is 25.5 Å². The van der Waals surface area contributed by atoms with E-state index >= 15 is 0 Å². The molecule has 2 aliphatic heterocycles. The van der Waals surface area contributed by atoms with Crippen LogP contribution in [-0.4, -0.2) is 65.5 Å². The van der Waals surface area contributed by atoms with E-state index in [1.165, 1.54) is 25.2 Å². The lowest BCUT2D eigenvalue weighted by atomic mass is 10.1. The number of benzene rings is 2. The Bertz CT molecular complexity index is 1190. The Hall–Kier alpha value is -4.34. The quantitative estimate of drug-likeness (QED) is 0.500. The molecule has 33 heavy (non-hydrogen) atoms. The van der Waals surface area contributed by atoms with Crippen molar-refractivity contribution in [1.29, 1.82) is 0 Å². The van der Waals surface area contributed by atoms with Gasteiger partial charge in [-0.3, -0.25) is 38.6 Å². The average Bonchev–Trinajstić information content (AvgIpc) is 3.18. The Kier molecular flexibility index (Phi) is 5.74. The smallest absolute Gasteiger partial charge is 0.306 e. The van der Waals surface area contributed by atoms with E-state index in [0.29, 0.717) is 11.1 Å². The monoisotopic (exact) mass is 449 g/mol. The lowest BCUT2D eigenvalue weighted by Gasteiger charge is -2.13. The third-order valence-corrected chi connectivity index (χ3v) is 5.38. The number of esters is 1. The number of fused-ring (bicyclic) bond motifs is 2. The van der Waals surface area contributed by atoms with E-state index in [1.54, 1.807) is 24.3 Å². The van der Waals surface area contributed by atoms with Crippen LogP contribution < -0.4 is 5.32 Å². The predicted octanol–water partition coefficient (Wildman–Crippen LogP) is 1.47. The molecule has 10 heteroatoms. The van der Waals surface area contributed by atoms with Crippen molar-refractivity contribution >= 4 is 41.2 Å². The fourth-order valence-corrected chi connectivity index (χ4v) is 3.68. The molecule has 2 aromatic carbocycles. The summed E-state index contributed by atoms with van der Waals surface area (Å²) >= 11 is 0. The first kappa shape index (κ1) is 21.9. The standard InChI is InChI=1S/C23H19N3O7/c1-25-20(29)16-9-8-13(11-17(16)21(25)30)24-18(27)12-33-19(28)7-4-10-26-22(31)14-5-2-3-6-15(14)23(26)32/h2-3,5-6,8-9,11H,4,7,10,12H2,1H3,(H,24,27). The molecule has 0 spiro atoms. The summed E-state index contributed by atoms with van der Waals surface area (Å²) in [6.07, 6.45) is 0.114. The minimum Gasteiger partial charge on any atom is -0.456 e. The number of rotatable bonds is 7. The fraction of sp³-hybridized carbons (Fsp3) is 0.217. The lowest BCUT2D eigenvalue weighted by Crippen LogP contribution is -2.31. The topological polar surface area (TPSA) is 130 Å². The third-order valence-electron chi connectivity index (χ3n) is 5.38. The summed E-state index contributed by atoms with van der Waals surface area (Å²) in [6, 6.07) is 10.8. The highest BCUT2D eigenvalue weighted by Crippen LogP contribution is 2.25. The van der Waals surface area contributed by atoms with Gasteiger partial charge in [0, 0.05) is 25.7 Å². The van der Waals surface area contributed by atoms with Crippen molar-refractivity contribution < 1.29 is 33.5 Å². The Morgan fingerprint density at radius 1 is 0.848 bits per heavy atom. The van der Waals surface area contributed by atoms with Crippen LogP contribution in [0.3, 0.4) is 0 Å². The van der Waals surface area contributed by atoms with E-state index in [0.717, 1.165) is 9.80 Å². The van der Waals surface area contributed by atoms with Gasteiger partial charge in [-0.25, -0.2) is 0 Å². The van der Waals surface area contributed by atoms with Crippen LogP contribution in [0.5, 0.6) is 0 Å². The molecule has 1 N–H and O–H groups in total. The third kappa shape index (κ3) is 4.10. The second-order valence-corrected chi connectivity index (χ2v) is 7.55. The maximum Gasteiger partial charge on any atom is 0.306 e. The van der Waals surface area contributed by atoms with Gasteiger partial charge in [-0.1, -0.05) is 12.1 Å². The van der Waals surface area contributed by atoms with Crippen LogP contribution in [0.25, 0.3) is 0 Å². The maximum absolute atomic E-state index is 12.3. The van der Waals surface area contributed by atoms with Gasteiger partial charge in [0.2, 0.25) is 0 Å². The number of hydrogen-bond donors (Lipinski definition) is 1. The van der Waals surface area contributed by atoms with Crippen LogP contribution in [0.15, 0.2) is 42.5 Å². The molecule has 10 nitrogen and oxygen atoms in total. The lowest BCUT2D eigenvalue weighted by molar-refractivity contribution is -0.147. The number of nitrogens with zero attached hydrogens (tertiary/aromatic N) is 2. The summed E-state index contributed by atoms with van der Waals surface area (Å²) in [7, 11) is 1.37. The van der Waals surface area contributed by atoms with Crippen molar-refractivity contribution in [3.05, 3.63) is 64.7 Å². The van der Waals surface area contributed by atoms with Crippen molar-refractivity contribution in [2.45, 2.75) is 12.8 Å². The van der Waals surface area contributed by atoms with E-state index in [-0.39, 0.29) is 36.2 Å². The van der Waals surface area contributed by atoms with Gasteiger partial charge < -0.3 is 10.1 Å². The molecule has 0 saturated heterocycles. The van der Waals surface area contributed by atoms with Crippen molar-refractivity contribution in [1.82, 2.24) is 9.80 Å². The van der Waals surface area contributed by atoms with Crippen LogP contribution in [-0.2, 0) is 14.3 Å². The first-order valence-corrected chi connectivity index (χ1v) is 10.1. The molecule has 0 aromatic heterocycles. The van der Waals surface area contributed by atoms with Gasteiger partial charge in [0.15, 0.2) is 6.61 Å². The van der Waals surface area contributed by atoms with E-state index in [2.05, 4.69) is 5.32 Å². The van der Waals surface area contributed by atoms with Crippen LogP contribution >= 0.6 is 0 Å². The number of anilines is 1. The largest absolute Gasteiger partial charge is 0.456 e. The Morgan fingerprint density at radius 2 is 1.45 bits per heavy atom. The SMILES string of the molecule is CN1C(=O)c2ccc(NC(=O)COC(=O)CCCN3C(=O)c4ccccc4C3=O)cc2C1=O. The molecule has 0 radical (unpaired) electrons. The highest BCUT2D eigenvalue weighted by molar-refractivity contribution is 6.22. The molecule has 2 heterocycles. The average molecular weight is 449 g/mol. The zero-order chi connectivity index (χ0) is 23.7. The zero-order valence-electron chi connectivity index (χ0n) is 17.6. The summed E-state index contributed by atoms with van der Waals surface area (Å²) in [5.41, 5.74) is 1.41. The van der Waals surface area contributed by atoms with Crippen LogP contribution in [0.1, 0.15) is 54.3 Å². The van der Waals surface area contributed by atoms with Crippen molar-refractivity contribution in [3.8, 4) is 0 Å². The normalized spacial score (nSPS) is 14.5. The first-order chi connectivity index (χ1) is 15.8. The van der Waals surface area contributed by atoms with Gasteiger partial charge in [0.05, 0.1) is 22.3 Å². The number of imide groups is 2. The predicted molar refractivity (Wildman–Crippen MR) is 113 cm³/mol. The van der Waals surface area contributed by atoms with Crippen molar-refractivity contribution in [3.63, 3.8) is 0 Å². The van der Waals surface area contributed by atoms with E-state index in [4.69, 9.17) is 4.74 Å². The van der Waals surface area contributed by atoms with Gasteiger partial charge in [-0.2, -0.15) is 0 Å². The minimum absolute atomic E-state index is 0.0595. The van der Waals surface area contributed by atoms with Crippen LogP contribution in [0, 0.1) is 0 Å². The second kappa shape index (κ2) is 8.65. The first-order valence-electron chi connectivity index (χ1n) is 10.1. The Balaban J connectivity index is 1.22. The number of ether oxygens (including phenoxy) is 1. The minimum atomic E-state index is -0.655. The Morgan fingerprint density at radius 3 is 2.12 bits per heavy atom. The van der Waals surface area contributed by atoms with E-state index < -0.39 is 42.1 Å². The summed E-state index contributed by atoms with van der Waals surface area (Å²) in [6.45, 7) is -0.486. The highest BCUT2D eigenvalue weighted by atomic mass is 16.5. The molecule has 0 bridgehead atoms. The zero-order valence-corrected chi connectivity index (χ0v) is 17.6. The van der Waals surface area contributed by atoms with E-state index in [9.17, 15) is 28.8 Å². The molecule has 0 saturated carbocycles. The molecule has 0 unspecified atom stereocenters. The molecular formula is C23H19N3O7. The number of carbonyl (C=O) groups is 6. The molecule has 2 aromatic rings. The number of nitrogens with one attached hydrogen (secondary N) is 1. The molecule has 5 amide bonds. The summed E-state index contributed by atoms with van der Waals surface area (Å²) in [5, 5.41) is 2.50. The van der Waals surface area contributed by atoms with Gasteiger partial charge >= 0.3 is 5.97 Å². The summed E-state index contributed by atoms with van der Waals surface area (Å²) < 4.78 is 4.94. The molecule has 0 aliphatic carbocycles. The van der Waals surface area contributed by atoms with Gasteiger partial charge in [0.1, 0.15) is 0 Å². The van der Waals surface area contributed by atoms with Crippen LogP contribution in [0.2, 0.25) is 0 Å². The van der Waals surface area contributed by atoms with E-state index in [1.807, 2.05) is 0 Å². The Labute approximate surface area is 188 Å². The molecule has 2 aliphatic rings. The second-order valence-electron chi connectivity index (χ2n) is 7.55. The fourth-order valence-electron chi connectivity index (χ4n) is 3.68. The summed E-state index contributed by atoms with van der Waals surface area (Å²) in [5.74, 6) is -2.95. The molecule has 168 valence electrons. The molecular weight excluding hydrogens is 430 g/mol. The number of hydrogen-bond acceptors (Lipinski definition) is 7. The van der Waals surface area contributed by atoms with Crippen LogP contribution in [0.4, 0.5) is 5.69 Å². The molecule has 0 fully saturated rings. The van der Waals surface area contributed by atoms with Gasteiger partial charge in [0.25, 0.3) is 29.5 Å². The molecule has 0 atom stereocenters. The highest BCUT2D eigenvalue weighted by Gasteiger charge is 2.35. The number of carbonyl (C=O) groups excluding carboxylic acids is 6. The van der Waals surface area contributed by atoms with Crippen molar-refractivity contribution in [2.24, 2.45) is 0 Å².